The van der Waals surface area contributed by atoms with Crippen molar-refractivity contribution in [2.24, 2.45) is 0 Å². The summed E-state index contributed by atoms with van der Waals surface area (Å²) in [7, 11) is -4.27. The molecule has 1 aliphatic heterocycles. The number of hydrogen-bond acceptors (Lipinski definition) is 5. The Morgan fingerprint density at radius 1 is 1.05 bits per heavy atom. The van der Waals surface area contributed by atoms with Gasteiger partial charge in [-0.3, -0.25) is 0 Å². The third-order valence-electron chi connectivity index (χ3n) is 2.97. The zero-order chi connectivity index (χ0) is 15.2. The van der Waals surface area contributed by atoms with Crippen LogP contribution < -0.4 is 0 Å². The summed E-state index contributed by atoms with van der Waals surface area (Å²) in [6.45, 7) is 9.47. The molecule has 0 saturated heterocycles. The Hall–Kier alpha value is -1.53. The average Bonchev–Trinajstić information content (AvgIpc) is 2.87. The fourth-order valence-corrected chi connectivity index (χ4v) is 2.10. The molecule has 0 aliphatic carbocycles. The van der Waals surface area contributed by atoms with E-state index in [1.165, 1.54) is 12.1 Å². The fourth-order valence-electron chi connectivity index (χ4n) is 1.63. The quantitative estimate of drug-likeness (QED) is 0.798. The second-order valence-corrected chi connectivity index (χ2v) is 5.90. The van der Waals surface area contributed by atoms with E-state index in [0.29, 0.717) is 0 Å². The lowest BCUT2D eigenvalue weighted by Crippen LogP contribution is -2.24. The highest BCUT2D eigenvalue weighted by atomic mass is 32.2. The van der Waals surface area contributed by atoms with Crippen LogP contribution in [0.25, 0.3) is 0 Å². The van der Waals surface area contributed by atoms with Crippen molar-refractivity contribution in [1.82, 2.24) is 9.80 Å². The topological polar surface area (TPSA) is 63.7 Å². The van der Waals surface area contributed by atoms with Gasteiger partial charge in [0, 0.05) is 25.5 Å². The molecule has 1 aromatic carbocycles. The molecule has 0 atom stereocenters. The van der Waals surface area contributed by atoms with E-state index in [9.17, 15) is 13.0 Å². The van der Waals surface area contributed by atoms with Crippen LogP contribution in [-0.2, 0) is 10.1 Å². The SMILES string of the molecule is CCN1C=CN(CC)C1.Cc1ccc(S(=O)(=O)[O-])cc1. The summed E-state index contributed by atoms with van der Waals surface area (Å²) in [5.41, 5.74) is 0.928. The molecule has 5 nitrogen and oxygen atoms in total. The standard InChI is InChI=1S/C7H14N2.C7H8O3S/c1-3-8-5-6-9(4-2)7-8;1-6-2-4-7(5-3-6)11(8,9)10/h5-6H,3-4,7H2,1-2H3;2-5H,1H3,(H,8,9,10)/p-1. The first-order chi connectivity index (χ1) is 9.36. The highest BCUT2D eigenvalue weighted by molar-refractivity contribution is 7.85. The maximum atomic E-state index is 10.4. The molecule has 0 unspecified atom stereocenters. The number of nitrogens with zero attached hydrogens (tertiary/aromatic N) is 2. The minimum Gasteiger partial charge on any atom is -0.744 e. The molecular weight excluding hydrogens is 276 g/mol. The van der Waals surface area contributed by atoms with Gasteiger partial charge in [-0.05, 0) is 32.9 Å². The zero-order valence-electron chi connectivity index (χ0n) is 12.1. The van der Waals surface area contributed by atoms with E-state index in [1.54, 1.807) is 12.1 Å². The minimum atomic E-state index is -4.27. The van der Waals surface area contributed by atoms with Gasteiger partial charge in [-0.15, -0.1) is 0 Å². The molecule has 0 saturated carbocycles. The van der Waals surface area contributed by atoms with E-state index < -0.39 is 10.1 Å². The zero-order valence-corrected chi connectivity index (χ0v) is 12.9. The summed E-state index contributed by atoms with van der Waals surface area (Å²) in [4.78, 5) is 4.38. The summed E-state index contributed by atoms with van der Waals surface area (Å²) in [5.74, 6) is 0. The van der Waals surface area contributed by atoms with Crippen molar-refractivity contribution in [3.63, 3.8) is 0 Å². The van der Waals surface area contributed by atoms with Crippen LogP contribution in [0, 0.1) is 6.92 Å². The smallest absolute Gasteiger partial charge is 0.124 e. The monoisotopic (exact) mass is 297 g/mol. The number of aryl methyl sites for hydroxylation is 1. The van der Waals surface area contributed by atoms with Crippen molar-refractivity contribution >= 4 is 10.1 Å². The van der Waals surface area contributed by atoms with Crippen LogP contribution in [0.3, 0.4) is 0 Å². The molecular formula is C14H21N2O3S-. The maximum Gasteiger partial charge on any atom is 0.124 e. The van der Waals surface area contributed by atoms with E-state index in [-0.39, 0.29) is 4.90 Å². The van der Waals surface area contributed by atoms with Gasteiger partial charge in [0.05, 0.1) is 11.6 Å². The van der Waals surface area contributed by atoms with Crippen LogP contribution in [-0.4, -0.2) is 42.5 Å². The molecule has 0 aromatic heterocycles. The molecule has 0 N–H and O–H groups in total. The Morgan fingerprint density at radius 3 is 1.80 bits per heavy atom. The molecule has 1 aromatic rings. The largest absolute Gasteiger partial charge is 0.744 e. The summed E-state index contributed by atoms with van der Waals surface area (Å²) in [5, 5.41) is 0. The maximum absolute atomic E-state index is 10.4. The van der Waals surface area contributed by atoms with Crippen LogP contribution in [0.5, 0.6) is 0 Å². The van der Waals surface area contributed by atoms with Crippen LogP contribution in [0.4, 0.5) is 0 Å². The Labute approximate surface area is 121 Å². The molecule has 0 spiro atoms. The molecule has 112 valence electrons. The third-order valence-corrected chi connectivity index (χ3v) is 3.82. The third kappa shape index (κ3) is 5.22. The lowest BCUT2D eigenvalue weighted by Gasteiger charge is -2.17. The van der Waals surface area contributed by atoms with E-state index in [1.807, 2.05) is 6.92 Å². The van der Waals surface area contributed by atoms with Gasteiger partial charge < -0.3 is 14.4 Å². The average molecular weight is 297 g/mol. The summed E-state index contributed by atoms with van der Waals surface area (Å²) in [6, 6.07) is 5.78. The van der Waals surface area contributed by atoms with Crippen molar-refractivity contribution in [1.29, 1.82) is 0 Å². The molecule has 0 fully saturated rings. The highest BCUT2D eigenvalue weighted by Gasteiger charge is 2.06. The minimum absolute atomic E-state index is 0.178. The predicted molar refractivity (Wildman–Crippen MR) is 77.9 cm³/mol. The molecule has 0 radical (unpaired) electrons. The van der Waals surface area contributed by atoms with Gasteiger partial charge in [0.1, 0.15) is 10.1 Å². The molecule has 0 amide bonds. The molecule has 6 heteroatoms. The Morgan fingerprint density at radius 2 is 1.50 bits per heavy atom. The number of benzene rings is 1. The highest BCUT2D eigenvalue weighted by Crippen LogP contribution is 2.08. The predicted octanol–water partition coefficient (Wildman–Crippen LogP) is 1.97. The molecule has 1 aliphatic rings. The molecule has 0 bridgehead atoms. The van der Waals surface area contributed by atoms with Crippen LogP contribution in [0.15, 0.2) is 41.6 Å². The van der Waals surface area contributed by atoms with E-state index in [0.717, 1.165) is 25.3 Å². The van der Waals surface area contributed by atoms with E-state index >= 15 is 0 Å². The van der Waals surface area contributed by atoms with Crippen molar-refractivity contribution < 1.29 is 13.0 Å². The van der Waals surface area contributed by atoms with Gasteiger partial charge in [0.15, 0.2) is 0 Å². The van der Waals surface area contributed by atoms with Gasteiger partial charge in [0.25, 0.3) is 0 Å². The van der Waals surface area contributed by atoms with Gasteiger partial charge in [0.2, 0.25) is 0 Å². The molecule has 20 heavy (non-hydrogen) atoms. The normalized spacial score (nSPS) is 14.2. The molecule has 1 heterocycles. The summed E-state index contributed by atoms with van der Waals surface area (Å²) >= 11 is 0. The second kappa shape index (κ2) is 7.31. The van der Waals surface area contributed by atoms with Gasteiger partial charge in [-0.25, -0.2) is 8.42 Å². The Balaban J connectivity index is 0.000000204. The van der Waals surface area contributed by atoms with E-state index in [2.05, 4.69) is 36.0 Å². The first kappa shape index (κ1) is 16.5. The fraction of sp³-hybridized carbons (Fsp3) is 0.429. The van der Waals surface area contributed by atoms with Crippen LogP contribution in [0.1, 0.15) is 19.4 Å². The van der Waals surface area contributed by atoms with Gasteiger partial charge >= 0.3 is 0 Å². The van der Waals surface area contributed by atoms with Gasteiger partial charge in [-0.1, -0.05) is 17.7 Å². The Kier molecular flexibility index (Phi) is 6.04. The summed E-state index contributed by atoms with van der Waals surface area (Å²) in [6.07, 6.45) is 4.28. The number of rotatable bonds is 3. The first-order valence-electron chi connectivity index (χ1n) is 6.55. The Bertz CT molecular complexity index is 526. The lowest BCUT2D eigenvalue weighted by atomic mass is 10.2. The lowest BCUT2D eigenvalue weighted by molar-refractivity contribution is 0.282. The first-order valence-corrected chi connectivity index (χ1v) is 7.96. The van der Waals surface area contributed by atoms with Crippen molar-refractivity contribution in [3.8, 4) is 0 Å². The second-order valence-electron chi connectivity index (χ2n) is 4.52. The number of hydrogen-bond donors (Lipinski definition) is 0. The van der Waals surface area contributed by atoms with Crippen LogP contribution in [0.2, 0.25) is 0 Å². The van der Waals surface area contributed by atoms with Gasteiger partial charge in [-0.2, -0.15) is 0 Å². The summed E-state index contributed by atoms with van der Waals surface area (Å²) < 4.78 is 31.2. The van der Waals surface area contributed by atoms with E-state index in [4.69, 9.17) is 0 Å². The van der Waals surface area contributed by atoms with Crippen molar-refractivity contribution in [3.05, 3.63) is 42.2 Å². The van der Waals surface area contributed by atoms with Crippen LogP contribution >= 0.6 is 0 Å². The van der Waals surface area contributed by atoms with Crippen molar-refractivity contribution in [2.45, 2.75) is 25.7 Å². The molecule has 2 rings (SSSR count). The van der Waals surface area contributed by atoms with Crippen molar-refractivity contribution in [2.75, 3.05) is 19.8 Å².